The van der Waals surface area contributed by atoms with E-state index in [4.69, 9.17) is 4.98 Å². The number of pyridine rings is 1. The molecule has 0 aliphatic carbocycles. The molecule has 1 N–H and O–H groups in total. The first-order valence-electron chi connectivity index (χ1n) is 11.6. The van der Waals surface area contributed by atoms with Gasteiger partial charge in [-0.1, -0.05) is 94.4 Å². The van der Waals surface area contributed by atoms with Crippen LogP contribution in [-0.4, -0.2) is 4.98 Å². The summed E-state index contributed by atoms with van der Waals surface area (Å²) in [6.07, 6.45) is 0. The van der Waals surface area contributed by atoms with Crippen LogP contribution in [-0.2, 0) is 0 Å². The Morgan fingerprint density at radius 2 is 1.27 bits per heavy atom. The Hall–Kier alpha value is -3.46. The third-order valence-corrected chi connectivity index (χ3v) is 6.01. The van der Waals surface area contributed by atoms with E-state index in [0.29, 0.717) is 23.1 Å². The van der Waals surface area contributed by atoms with Crippen LogP contribution in [0, 0.1) is 5.82 Å². The minimum Gasteiger partial charge on any atom is -0.372 e. The second-order valence-electron chi connectivity index (χ2n) is 9.04. The van der Waals surface area contributed by atoms with Crippen molar-refractivity contribution in [3.05, 3.63) is 119 Å². The van der Waals surface area contributed by atoms with Gasteiger partial charge in [-0.3, -0.25) is 4.98 Å². The normalized spacial score (nSPS) is 12.2. The molecule has 0 saturated heterocycles. The van der Waals surface area contributed by atoms with E-state index in [9.17, 15) is 4.39 Å². The van der Waals surface area contributed by atoms with E-state index in [0.717, 1.165) is 16.9 Å². The zero-order valence-corrected chi connectivity index (χ0v) is 19.7. The van der Waals surface area contributed by atoms with Crippen molar-refractivity contribution in [1.29, 1.82) is 0 Å². The van der Waals surface area contributed by atoms with Crippen molar-refractivity contribution < 1.29 is 4.39 Å². The molecule has 3 aromatic carbocycles. The molecule has 1 unspecified atom stereocenters. The Morgan fingerprint density at radius 1 is 0.667 bits per heavy atom. The molecular formula is C30H31FN2. The monoisotopic (exact) mass is 438 g/mol. The summed E-state index contributed by atoms with van der Waals surface area (Å²) in [5, 5.41) is 3.85. The summed E-state index contributed by atoms with van der Waals surface area (Å²) in [6, 6.07) is 29.3. The van der Waals surface area contributed by atoms with Crippen molar-refractivity contribution in [2.45, 2.75) is 45.6 Å². The van der Waals surface area contributed by atoms with E-state index in [1.165, 1.54) is 17.2 Å². The Bertz CT molecular complexity index is 1190. The number of nitrogens with one attached hydrogen (secondary N) is 1. The van der Waals surface area contributed by atoms with Gasteiger partial charge < -0.3 is 5.32 Å². The molecule has 1 aromatic heterocycles. The summed E-state index contributed by atoms with van der Waals surface area (Å²) in [5.74, 6) is 0.485. The molecule has 4 rings (SSSR count). The van der Waals surface area contributed by atoms with Crippen LogP contribution >= 0.6 is 0 Å². The average Bonchev–Trinajstić information content (AvgIpc) is 2.83. The highest BCUT2D eigenvalue weighted by molar-refractivity contribution is 5.63. The van der Waals surface area contributed by atoms with Crippen LogP contribution in [0.5, 0.6) is 0 Å². The summed E-state index contributed by atoms with van der Waals surface area (Å²) in [6.45, 7) is 8.89. The van der Waals surface area contributed by atoms with Gasteiger partial charge in [-0.2, -0.15) is 0 Å². The Morgan fingerprint density at radius 3 is 1.91 bits per heavy atom. The Balaban J connectivity index is 1.85. The second kappa shape index (κ2) is 9.99. The molecule has 0 saturated carbocycles. The molecule has 33 heavy (non-hydrogen) atoms. The fraction of sp³-hybridized carbons (Fsp3) is 0.233. The van der Waals surface area contributed by atoms with Gasteiger partial charge >= 0.3 is 0 Å². The van der Waals surface area contributed by atoms with E-state index >= 15 is 0 Å². The van der Waals surface area contributed by atoms with Gasteiger partial charge in [0, 0.05) is 11.3 Å². The average molecular weight is 439 g/mol. The van der Waals surface area contributed by atoms with E-state index < -0.39 is 0 Å². The van der Waals surface area contributed by atoms with Crippen molar-refractivity contribution in [2.24, 2.45) is 0 Å². The number of rotatable bonds is 7. The molecule has 0 fully saturated rings. The smallest absolute Gasteiger partial charge is 0.132 e. The fourth-order valence-corrected chi connectivity index (χ4v) is 4.27. The maximum absolute atomic E-state index is 14.5. The van der Waals surface area contributed by atoms with Gasteiger partial charge in [0.2, 0.25) is 0 Å². The van der Waals surface area contributed by atoms with Crippen LogP contribution in [0.25, 0.3) is 11.3 Å². The topological polar surface area (TPSA) is 24.9 Å². The first-order chi connectivity index (χ1) is 16.0. The van der Waals surface area contributed by atoms with Gasteiger partial charge in [-0.25, -0.2) is 4.39 Å². The zero-order valence-electron chi connectivity index (χ0n) is 19.7. The van der Waals surface area contributed by atoms with Gasteiger partial charge in [0.15, 0.2) is 0 Å². The summed E-state index contributed by atoms with van der Waals surface area (Å²) in [7, 11) is 0. The number of anilines is 1. The predicted octanol–water partition coefficient (Wildman–Crippen LogP) is 8.34. The molecule has 2 nitrogen and oxygen atoms in total. The predicted molar refractivity (Wildman–Crippen MR) is 136 cm³/mol. The van der Waals surface area contributed by atoms with Crippen LogP contribution in [0.15, 0.2) is 91.0 Å². The molecule has 168 valence electrons. The number of benzene rings is 3. The number of aromatic nitrogens is 1. The summed E-state index contributed by atoms with van der Waals surface area (Å²) < 4.78 is 14.5. The molecule has 4 aromatic rings. The first-order valence-corrected chi connectivity index (χ1v) is 11.6. The third-order valence-electron chi connectivity index (χ3n) is 6.01. The molecule has 1 atom stereocenters. The summed E-state index contributed by atoms with van der Waals surface area (Å²) >= 11 is 0. The van der Waals surface area contributed by atoms with Crippen LogP contribution in [0.4, 0.5) is 10.1 Å². The molecule has 0 radical (unpaired) electrons. The molecule has 0 amide bonds. The fourth-order valence-electron chi connectivity index (χ4n) is 4.27. The third kappa shape index (κ3) is 4.98. The Kier molecular flexibility index (Phi) is 6.88. The minimum atomic E-state index is -0.265. The standard InChI is InChI=1S/C30H31FN2/c1-20(2)23-15-10-16-24(21(3)4)30(23)33-29(22-12-6-5-7-13-22)28-19-11-18-27(32-28)25-14-8-9-17-26(25)31/h5-21,29,33H,1-4H3. The van der Waals surface area contributed by atoms with Crippen LogP contribution in [0.3, 0.4) is 0 Å². The van der Waals surface area contributed by atoms with Gasteiger partial charge in [0.1, 0.15) is 5.82 Å². The van der Waals surface area contributed by atoms with Gasteiger partial charge in [-0.15, -0.1) is 0 Å². The van der Waals surface area contributed by atoms with E-state index in [1.54, 1.807) is 12.1 Å². The molecule has 0 spiro atoms. The van der Waals surface area contributed by atoms with Crippen molar-refractivity contribution in [3.63, 3.8) is 0 Å². The number of nitrogens with zero attached hydrogens (tertiary/aromatic N) is 1. The van der Waals surface area contributed by atoms with E-state index in [-0.39, 0.29) is 11.9 Å². The maximum atomic E-state index is 14.5. The number of hydrogen-bond acceptors (Lipinski definition) is 2. The highest BCUT2D eigenvalue weighted by atomic mass is 19.1. The molecule has 0 bridgehead atoms. The summed E-state index contributed by atoms with van der Waals surface area (Å²) in [4.78, 5) is 4.92. The maximum Gasteiger partial charge on any atom is 0.132 e. The number of para-hydroxylation sites is 1. The lowest BCUT2D eigenvalue weighted by Gasteiger charge is -2.27. The lowest BCUT2D eigenvalue weighted by Crippen LogP contribution is -2.17. The van der Waals surface area contributed by atoms with Crippen molar-refractivity contribution in [2.75, 3.05) is 5.32 Å². The summed E-state index contributed by atoms with van der Waals surface area (Å²) in [5.41, 5.74) is 6.85. The van der Waals surface area contributed by atoms with Crippen LogP contribution < -0.4 is 5.32 Å². The van der Waals surface area contributed by atoms with E-state index in [1.807, 2.05) is 42.5 Å². The van der Waals surface area contributed by atoms with E-state index in [2.05, 4.69) is 63.3 Å². The molecule has 0 aliphatic rings. The van der Waals surface area contributed by atoms with Crippen LogP contribution in [0.1, 0.15) is 68.0 Å². The van der Waals surface area contributed by atoms with Crippen molar-refractivity contribution in [1.82, 2.24) is 4.98 Å². The lowest BCUT2D eigenvalue weighted by molar-refractivity contribution is 0.630. The second-order valence-corrected chi connectivity index (χ2v) is 9.04. The minimum absolute atomic E-state index is 0.171. The van der Waals surface area contributed by atoms with Crippen LogP contribution in [0.2, 0.25) is 0 Å². The van der Waals surface area contributed by atoms with Crippen molar-refractivity contribution >= 4 is 5.69 Å². The van der Waals surface area contributed by atoms with Gasteiger partial charge in [-0.05, 0) is 52.8 Å². The highest BCUT2D eigenvalue weighted by Crippen LogP contribution is 2.36. The largest absolute Gasteiger partial charge is 0.372 e. The zero-order chi connectivity index (χ0) is 23.4. The van der Waals surface area contributed by atoms with Gasteiger partial charge in [0.05, 0.1) is 17.4 Å². The highest BCUT2D eigenvalue weighted by Gasteiger charge is 2.21. The lowest BCUT2D eigenvalue weighted by atomic mass is 9.91. The SMILES string of the molecule is CC(C)c1cccc(C(C)C)c1NC(c1ccccc1)c1cccc(-c2ccccc2F)n1. The molecular weight excluding hydrogens is 407 g/mol. The van der Waals surface area contributed by atoms with Crippen molar-refractivity contribution in [3.8, 4) is 11.3 Å². The van der Waals surface area contributed by atoms with Gasteiger partial charge in [0.25, 0.3) is 0 Å². The number of hydrogen-bond donors (Lipinski definition) is 1. The molecule has 0 aliphatic heterocycles. The first kappa shape index (κ1) is 22.7. The molecule has 1 heterocycles. The molecule has 3 heteroatoms. The quantitative estimate of drug-likeness (QED) is 0.314. The Labute approximate surface area is 196 Å². The number of halogens is 1.